The highest BCUT2D eigenvalue weighted by Gasteiger charge is 2.11. The molecule has 124 valence electrons. The molecule has 1 aromatic heterocycles. The van der Waals surface area contributed by atoms with E-state index < -0.39 is 0 Å². The predicted octanol–water partition coefficient (Wildman–Crippen LogP) is 3.08. The first-order valence-electron chi connectivity index (χ1n) is 7.84. The molecule has 1 heterocycles. The molecule has 2 aromatic carbocycles. The molecule has 3 aromatic rings. The number of hydrogen-bond donors (Lipinski definition) is 2. The van der Waals surface area contributed by atoms with Gasteiger partial charge in [0.25, 0.3) is 0 Å². The van der Waals surface area contributed by atoms with Crippen LogP contribution in [0.4, 0.5) is 5.82 Å². The fourth-order valence-electron chi connectivity index (χ4n) is 2.64. The van der Waals surface area contributed by atoms with Crippen LogP contribution in [0.5, 0.6) is 0 Å². The lowest BCUT2D eigenvalue weighted by molar-refractivity contribution is 0.302. The maximum atomic E-state index is 9.08. The van der Waals surface area contributed by atoms with Gasteiger partial charge in [-0.1, -0.05) is 31.2 Å². The van der Waals surface area contributed by atoms with E-state index in [2.05, 4.69) is 47.2 Å². The summed E-state index contributed by atoms with van der Waals surface area (Å²) in [6, 6.07) is 14.5. The molecule has 0 aliphatic heterocycles. The molecule has 0 unspecified atom stereocenters. The molecule has 24 heavy (non-hydrogen) atoms. The van der Waals surface area contributed by atoms with E-state index in [9.17, 15) is 0 Å². The molecule has 5 nitrogen and oxygen atoms in total. The molecule has 3 rings (SSSR count). The number of hydrogen-bond acceptors (Lipinski definition) is 6. The van der Waals surface area contributed by atoms with Gasteiger partial charge in [0.15, 0.2) is 5.82 Å². The molecule has 0 saturated heterocycles. The molecule has 0 aliphatic carbocycles. The van der Waals surface area contributed by atoms with Crippen molar-refractivity contribution in [3.8, 4) is 11.1 Å². The Morgan fingerprint density at radius 1 is 1.17 bits per heavy atom. The number of anilines is 1. The van der Waals surface area contributed by atoms with Crippen LogP contribution in [0.3, 0.4) is 0 Å². The highest BCUT2D eigenvalue weighted by atomic mass is 32.2. The number of rotatable bonds is 6. The first-order valence-corrected chi connectivity index (χ1v) is 8.83. The number of aliphatic hydroxyl groups is 1. The Balaban J connectivity index is 2.07. The van der Waals surface area contributed by atoms with Crippen LogP contribution in [-0.4, -0.2) is 34.0 Å². The van der Waals surface area contributed by atoms with Gasteiger partial charge in [-0.2, -0.15) is 0 Å². The van der Waals surface area contributed by atoms with E-state index in [4.69, 9.17) is 10.9 Å². The van der Waals surface area contributed by atoms with Crippen LogP contribution >= 0.6 is 11.8 Å². The third kappa shape index (κ3) is 3.36. The summed E-state index contributed by atoms with van der Waals surface area (Å²) < 4.78 is 0. The molecule has 0 atom stereocenters. The number of nitrogens with two attached hydrogens (primary N) is 1. The average Bonchev–Trinajstić information content (AvgIpc) is 2.61. The van der Waals surface area contributed by atoms with E-state index in [1.807, 2.05) is 23.9 Å². The van der Waals surface area contributed by atoms with Crippen molar-refractivity contribution in [2.24, 2.45) is 5.84 Å². The van der Waals surface area contributed by atoms with Crippen LogP contribution in [0.25, 0.3) is 22.0 Å². The lowest BCUT2D eigenvalue weighted by atomic mass is 10.0. The Kier molecular flexibility index (Phi) is 5.30. The van der Waals surface area contributed by atoms with Crippen LogP contribution in [0.2, 0.25) is 0 Å². The van der Waals surface area contributed by atoms with Crippen LogP contribution in [0.1, 0.15) is 6.92 Å². The van der Waals surface area contributed by atoms with Crippen LogP contribution in [0, 0.1) is 0 Å². The summed E-state index contributed by atoms with van der Waals surface area (Å²) in [4.78, 5) is 9.89. The Morgan fingerprint density at radius 3 is 2.79 bits per heavy atom. The minimum Gasteiger partial charge on any atom is -0.394 e. The summed E-state index contributed by atoms with van der Waals surface area (Å²) >= 11 is 1.83. The van der Waals surface area contributed by atoms with Gasteiger partial charge in [0, 0.05) is 10.3 Å². The second kappa shape index (κ2) is 7.61. The Bertz CT molecular complexity index is 840. The smallest absolute Gasteiger partial charge is 0.153 e. The third-order valence-corrected chi connectivity index (χ3v) is 4.68. The van der Waals surface area contributed by atoms with Gasteiger partial charge in [-0.05, 0) is 35.1 Å². The number of hydrazine groups is 1. The van der Waals surface area contributed by atoms with Crippen LogP contribution in [0.15, 0.2) is 53.7 Å². The Hall–Kier alpha value is -2.15. The minimum absolute atomic E-state index is 0.0261. The fraction of sp³-hybridized carbons (Fsp3) is 0.222. The number of aromatic nitrogens is 2. The van der Waals surface area contributed by atoms with Crippen molar-refractivity contribution in [1.29, 1.82) is 0 Å². The summed E-state index contributed by atoms with van der Waals surface area (Å²) in [5, 5.41) is 11.4. The Morgan fingerprint density at radius 2 is 2.00 bits per heavy atom. The third-order valence-electron chi connectivity index (χ3n) is 3.73. The first kappa shape index (κ1) is 16.7. The lowest BCUT2D eigenvalue weighted by Crippen LogP contribution is -2.34. The number of nitrogens with zero attached hydrogens (tertiary/aromatic N) is 3. The van der Waals surface area contributed by atoms with E-state index in [0.717, 1.165) is 22.2 Å². The summed E-state index contributed by atoms with van der Waals surface area (Å²) in [5.74, 6) is 7.61. The minimum atomic E-state index is -0.0261. The molecule has 0 bridgehead atoms. The first-order chi connectivity index (χ1) is 11.7. The van der Waals surface area contributed by atoms with E-state index in [-0.39, 0.29) is 6.61 Å². The number of thioether (sulfide) groups is 1. The monoisotopic (exact) mass is 340 g/mol. The van der Waals surface area contributed by atoms with Crippen LogP contribution < -0.4 is 10.9 Å². The maximum Gasteiger partial charge on any atom is 0.153 e. The fourth-order valence-corrected chi connectivity index (χ4v) is 3.47. The van der Waals surface area contributed by atoms with Gasteiger partial charge in [-0.15, -0.1) is 11.8 Å². The zero-order valence-corrected chi connectivity index (χ0v) is 14.3. The van der Waals surface area contributed by atoms with Crippen molar-refractivity contribution in [3.05, 3.63) is 48.8 Å². The van der Waals surface area contributed by atoms with Gasteiger partial charge in [0.2, 0.25) is 0 Å². The molecule has 0 amide bonds. The molecular formula is C18H20N4OS. The number of fused-ring (bicyclic) bond motifs is 1. The molecule has 0 radical (unpaired) electrons. The second-order valence-electron chi connectivity index (χ2n) is 5.28. The molecule has 0 spiro atoms. The van der Waals surface area contributed by atoms with Gasteiger partial charge in [-0.25, -0.2) is 15.8 Å². The van der Waals surface area contributed by atoms with E-state index in [1.54, 1.807) is 0 Å². The molecule has 6 heteroatoms. The van der Waals surface area contributed by atoms with Crippen LogP contribution in [-0.2, 0) is 0 Å². The highest BCUT2D eigenvalue weighted by molar-refractivity contribution is 7.99. The second-order valence-corrected chi connectivity index (χ2v) is 6.58. The van der Waals surface area contributed by atoms with Crippen molar-refractivity contribution in [2.45, 2.75) is 11.8 Å². The number of benzene rings is 2. The predicted molar refractivity (Wildman–Crippen MR) is 100.0 cm³/mol. The topological polar surface area (TPSA) is 75.3 Å². The van der Waals surface area contributed by atoms with Gasteiger partial charge in [0.05, 0.1) is 18.7 Å². The standard InChI is InChI=1S/C18H20N4OS/c1-2-24-17-6-4-3-5-14(17)13-7-8-15-16(11-13)20-12-21-18(15)22(19)9-10-23/h3-8,11-12,23H,2,9-10,19H2,1H3. The maximum absolute atomic E-state index is 9.08. The average molecular weight is 340 g/mol. The van der Waals surface area contributed by atoms with Crippen molar-refractivity contribution >= 4 is 28.5 Å². The summed E-state index contributed by atoms with van der Waals surface area (Å²) in [6.45, 7) is 2.45. The van der Waals surface area contributed by atoms with E-state index in [0.29, 0.717) is 12.4 Å². The zero-order valence-electron chi connectivity index (χ0n) is 13.5. The highest BCUT2D eigenvalue weighted by Crippen LogP contribution is 2.33. The normalized spacial score (nSPS) is 11.0. The SMILES string of the molecule is CCSc1ccccc1-c1ccc2c(N(N)CCO)ncnc2c1. The molecule has 3 N–H and O–H groups in total. The van der Waals surface area contributed by atoms with Gasteiger partial charge in [-0.3, -0.25) is 5.01 Å². The summed E-state index contributed by atoms with van der Waals surface area (Å²) in [7, 11) is 0. The van der Waals surface area contributed by atoms with Gasteiger partial charge < -0.3 is 5.11 Å². The van der Waals surface area contributed by atoms with Crippen molar-refractivity contribution in [2.75, 3.05) is 23.9 Å². The molecule has 0 saturated carbocycles. The zero-order chi connectivity index (χ0) is 16.9. The Labute approximate surface area is 145 Å². The van der Waals surface area contributed by atoms with E-state index >= 15 is 0 Å². The largest absolute Gasteiger partial charge is 0.394 e. The van der Waals surface area contributed by atoms with Crippen molar-refractivity contribution < 1.29 is 5.11 Å². The molecule has 0 aliphatic rings. The number of aliphatic hydroxyl groups excluding tert-OH is 1. The van der Waals surface area contributed by atoms with Crippen molar-refractivity contribution in [1.82, 2.24) is 9.97 Å². The lowest BCUT2D eigenvalue weighted by Gasteiger charge is -2.18. The molecule has 0 fully saturated rings. The summed E-state index contributed by atoms with van der Waals surface area (Å²) in [6.07, 6.45) is 1.51. The molecular weight excluding hydrogens is 320 g/mol. The summed E-state index contributed by atoms with van der Waals surface area (Å²) in [5.41, 5.74) is 3.16. The van der Waals surface area contributed by atoms with Gasteiger partial charge >= 0.3 is 0 Å². The quantitative estimate of drug-likeness (QED) is 0.408. The van der Waals surface area contributed by atoms with Gasteiger partial charge in [0.1, 0.15) is 6.33 Å². The van der Waals surface area contributed by atoms with Crippen molar-refractivity contribution in [3.63, 3.8) is 0 Å². The van der Waals surface area contributed by atoms with E-state index in [1.165, 1.54) is 21.8 Å².